The van der Waals surface area contributed by atoms with E-state index in [9.17, 15) is 13.0 Å². The minimum Gasteiger partial charge on any atom is -0.489 e. The zero-order chi connectivity index (χ0) is 18.9. The SMILES string of the molecule is CCCCCc1cccc(OC(C)C(C)S(=O)(=O)O)c1CCCCC. The van der Waals surface area contributed by atoms with E-state index < -0.39 is 21.5 Å². The Morgan fingerprint density at radius 3 is 2.16 bits per heavy atom. The molecule has 144 valence electrons. The maximum absolute atomic E-state index is 11.4. The van der Waals surface area contributed by atoms with E-state index in [1.165, 1.54) is 37.3 Å². The minimum absolute atomic E-state index is 0.606. The largest absolute Gasteiger partial charge is 0.489 e. The molecule has 1 aromatic rings. The van der Waals surface area contributed by atoms with Crippen molar-refractivity contribution in [2.45, 2.75) is 90.4 Å². The van der Waals surface area contributed by atoms with E-state index in [0.29, 0.717) is 0 Å². The van der Waals surface area contributed by atoms with Gasteiger partial charge in [-0.05, 0) is 56.7 Å². The van der Waals surface area contributed by atoms with Crippen molar-refractivity contribution in [2.24, 2.45) is 0 Å². The summed E-state index contributed by atoms with van der Waals surface area (Å²) in [6.07, 6.45) is 8.32. The highest BCUT2D eigenvalue weighted by Gasteiger charge is 2.26. The van der Waals surface area contributed by atoms with E-state index in [0.717, 1.165) is 37.9 Å². The first-order valence-electron chi connectivity index (χ1n) is 9.54. The van der Waals surface area contributed by atoms with Gasteiger partial charge < -0.3 is 4.74 Å². The number of hydrogen-bond acceptors (Lipinski definition) is 3. The quantitative estimate of drug-likeness (QED) is 0.406. The minimum atomic E-state index is -4.11. The number of hydrogen-bond donors (Lipinski definition) is 1. The highest BCUT2D eigenvalue weighted by Crippen LogP contribution is 2.28. The Hall–Kier alpha value is -1.07. The fourth-order valence-corrected chi connectivity index (χ4v) is 3.43. The molecule has 5 heteroatoms. The van der Waals surface area contributed by atoms with Gasteiger partial charge in [-0.25, -0.2) is 0 Å². The first-order chi connectivity index (χ1) is 11.8. The van der Waals surface area contributed by atoms with Crippen molar-refractivity contribution in [3.63, 3.8) is 0 Å². The average molecular weight is 371 g/mol. The monoisotopic (exact) mass is 370 g/mol. The molecule has 0 spiro atoms. The fourth-order valence-electron chi connectivity index (χ4n) is 2.89. The smallest absolute Gasteiger partial charge is 0.271 e. The highest BCUT2D eigenvalue weighted by atomic mass is 32.2. The molecule has 1 N–H and O–H groups in total. The van der Waals surface area contributed by atoms with Crippen LogP contribution in [0.5, 0.6) is 5.75 Å². The molecular formula is C20H34O4S. The maximum atomic E-state index is 11.4. The van der Waals surface area contributed by atoms with Crippen LogP contribution in [-0.2, 0) is 23.0 Å². The molecule has 0 fully saturated rings. The van der Waals surface area contributed by atoms with E-state index in [-0.39, 0.29) is 0 Å². The van der Waals surface area contributed by atoms with E-state index >= 15 is 0 Å². The van der Waals surface area contributed by atoms with Gasteiger partial charge >= 0.3 is 0 Å². The number of ether oxygens (including phenoxy) is 1. The Morgan fingerprint density at radius 2 is 1.60 bits per heavy atom. The molecule has 1 aromatic carbocycles. The lowest BCUT2D eigenvalue weighted by atomic mass is 9.96. The molecule has 0 aromatic heterocycles. The average Bonchev–Trinajstić information content (AvgIpc) is 2.55. The number of benzene rings is 1. The molecule has 1 rings (SSSR count). The summed E-state index contributed by atoms with van der Waals surface area (Å²) in [5.41, 5.74) is 2.50. The van der Waals surface area contributed by atoms with Crippen LogP contribution in [0.2, 0.25) is 0 Å². The summed E-state index contributed by atoms with van der Waals surface area (Å²) in [7, 11) is -4.11. The lowest BCUT2D eigenvalue weighted by Crippen LogP contribution is -2.33. The molecule has 2 unspecified atom stereocenters. The van der Waals surface area contributed by atoms with Gasteiger partial charge in [-0.1, -0.05) is 51.7 Å². The van der Waals surface area contributed by atoms with Crippen molar-refractivity contribution >= 4 is 10.1 Å². The van der Waals surface area contributed by atoms with Gasteiger partial charge in [-0.15, -0.1) is 0 Å². The van der Waals surface area contributed by atoms with Crippen molar-refractivity contribution < 1.29 is 17.7 Å². The van der Waals surface area contributed by atoms with Crippen molar-refractivity contribution in [1.82, 2.24) is 0 Å². The van der Waals surface area contributed by atoms with E-state index in [4.69, 9.17) is 4.74 Å². The second-order valence-electron chi connectivity index (χ2n) is 6.85. The summed E-state index contributed by atoms with van der Waals surface area (Å²) >= 11 is 0. The molecule has 0 aliphatic heterocycles. The van der Waals surface area contributed by atoms with Crippen LogP contribution in [0.25, 0.3) is 0 Å². The molecule has 0 aliphatic carbocycles. The van der Waals surface area contributed by atoms with Gasteiger partial charge in [0.15, 0.2) is 0 Å². The normalized spacial score (nSPS) is 14.3. The van der Waals surface area contributed by atoms with E-state index in [1.54, 1.807) is 6.92 Å². The molecule has 0 radical (unpaired) electrons. The maximum Gasteiger partial charge on any atom is 0.271 e. The predicted molar refractivity (Wildman–Crippen MR) is 104 cm³/mol. The molecule has 2 atom stereocenters. The van der Waals surface area contributed by atoms with Crippen LogP contribution in [0.3, 0.4) is 0 Å². The number of aryl methyl sites for hydroxylation is 1. The summed E-state index contributed by atoms with van der Waals surface area (Å²) < 4.78 is 38.0. The molecule has 25 heavy (non-hydrogen) atoms. The van der Waals surface area contributed by atoms with Crippen LogP contribution in [-0.4, -0.2) is 24.3 Å². The molecule has 0 saturated carbocycles. The van der Waals surface area contributed by atoms with Gasteiger partial charge in [0.05, 0.1) is 0 Å². The van der Waals surface area contributed by atoms with Gasteiger partial charge in [0.2, 0.25) is 0 Å². The molecule has 0 saturated heterocycles. The van der Waals surface area contributed by atoms with Crippen molar-refractivity contribution in [3.05, 3.63) is 29.3 Å². The van der Waals surface area contributed by atoms with Gasteiger partial charge in [0.1, 0.15) is 17.1 Å². The highest BCUT2D eigenvalue weighted by molar-refractivity contribution is 7.86. The Labute approximate surface area is 153 Å². The zero-order valence-corrected chi connectivity index (χ0v) is 16.9. The summed E-state index contributed by atoms with van der Waals surface area (Å²) in [6, 6.07) is 6.04. The first kappa shape index (κ1) is 22.0. The standard InChI is InChI=1S/C20H34O4S/c1-5-7-9-12-18-13-11-15-20(19(18)14-10-8-6-2)24-16(3)17(4)25(21,22)23/h11,13,15-17H,5-10,12,14H2,1-4H3,(H,21,22,23). The number of rotatable bonds is 12. The number of unbranched alkanes of at least 4 members (excludes halogenated alkanes) is 4. The van der Waals surface area contributed by atoms with E-state index in [2.05, 4.69) is 19.9 Å². The fraction of sp³-hybridized carbons (Fsp3) is 0.700. The molecule has 0 aliphatic rings. The van der Waals surface area contributed by atoms with Crippen LogP contribution < -0.4 is 4.74 Å². The first-order valence-corrected chi connectivity index (χ1v) is 11.0. The Kier molecular flexibility index (Phi) is 9.51. The van der Waals surface area contributed by atoms with Crippen molar-refractivity contribution in [3.8, 4) is 5.75 Å². The molecule has 0 bridgehead atoms. The summed E-state index contributed by atoms with van der Waals surface area (Å²) in [4.78, 5) is 0. The van der Waals surface area contributed by atoms with Crippen LogP contribution in [0.1, 0.15) is 77.3 Å². The van der Waals surface area contributed by atoms with Crippen LogP contribution in [0.15, 0.2) is 18.2 Å². The van der Waals surface area contributed by atoms with Gasteiger partial charge in [-0.3, -0.25) is 4.55 Å². The van der Waals surface area contributed by atoms with Crippen LogP contribution in [0, 0.1) is 0 Å². The molecule has 4 nitrogen and oxygen atoms in total. The third-order valence-corrected chi connectivity index (χ3v) is 6.08. The van der Waals surface area contributed by atoms with E-state index in [1.807, 2.05) is 12.1 Å². The summed E-state index contributed by atoms with van der Waals surface area (Å²) in [6.45, 7) is 7.54. The molecular weight excluding hydrogens is 336 g/mol. The summed E-state index contributed by atoms with van der Waals surface area (Å²) in [5, 5.41) is -0.959. The lowest BCUT2D eigenvalue weighted by molar-refractivity contribution is 0.212. The predicted octanol–water partition coefficient (Wildman–Crippen LogP) is 5.20. The van der Waals surface area contributed by atoms with Crippen LogP contribution >= 0.6 is 0 Å². The van der Waals surface area contributed by atoms with Crippen molar-refractivity contribution in [1.29, 1.82) is 0 Å². The Morgan fingerprint density at radius 1 is 1.00 bits per heavy atom. The summed E-state index contributed by atoms with van der Waals surface area (Å²) in [5.74, 6) is 0.758. The molecule has 0 amide bonds. The Balaban J connectivity index is 3.00. The molecule has 0 heterocycles. The third-order valence-electron chi connectivity index (χ3n) is 4.75. The Bertz CT molecular complexity index is 610. The van der Waals surface area contributed by atoms with Gasteiger partial charge in [-0.2, -0.15) is 8.42 Å². The van der Waals surface area contributed by atoms with Gasteiger partial charge in [0, 0.05) is 0 Å². The van der Waals surface area contributed by atoms with Gasteiger partial charge in [0.25, 0.3) is 10.1 Å². The second kappa shape index (κ2) is 10.8. The lowest BCUT2D eigenvalue weighted by Gasteiger charge is -2.22. The van der Waals surface area contributed by atoms with Crippen molar-refractivity contribution in [2.75, 3.05) is 0 Å². The topological polar surface area (TPSA) is 63.6 Å². The zero-order valence-electron chi connectivity index (χ0n) is 16.1. The third kappa shape index (κ3) is 7.37. The van der Waals surface area contributed by atoms with Crippen LogP contribution in [0.4, 0.5) is 0 Å². The second-order valence-corrected chi connectivity index (χ2v) is 8.62.